The van der Waals surface area contributed by atoms with Crippen LogP contribution in [0.2, 0.25) is 0 Å². The molecule has 0 unspecified atom stereocenters. The van der Waals surface area contributed by atoms with Gasteiger partial charge < -0.3 is 10.1 Å². The van der Waals surface area contributed by atoms with Crippen molar-refractivity contribution in [3.05, 3.63) is 48.0 Å². The number of nitrogens with zero attached hydrogens (tertiary/aromatic N) is 2. The number of hydrogen-bond donors (Lipinski definition) is 1. The van der Waals surface area contributed by atoms with Gasteiger partial charge >= 0.3 is 5.97 Å². The fourth-order valence-corrected chi connectivity index (χ4v) is 2.53. The van der Waals surface area contributed by atoms with Gasteiger partial charge in [-0.05, 0) is 38.5 Å². The molecule has 2 aromatic rings. The van der Waals surface area contributed by atoms with Crippen molar-refractivity contribution in [3.8, 4) is 5.69 Å². The molecule has 1 amide bonds. The monoisotopic (exact) mass is 347 g/mol. The average Bonchev–Trinajstić information content (AvgIpc) is 3.09. The minimum absolute atomic E-state index is 0.0987. The number of hydrogen-bond acceptors (Lipinski definition) is 4. The lowest BCUT2D eigenvalue weighted by molar-refractivity contribution is -0.148. The maximum absolute atomic E-state index is 14.3. The molecule has 134 valence electrons. The fraction of sp³-hybridized carbons (Fsp3) is 0.389. The van der Waals surface area contributed by atoms with Gasteiger partial charge in [0.25, 0.3) is 0 Å². The summed E-state index contributed by atoms with van der Waals surface area (Å²) in [6.07, 6.45) is 3.27. The van der Waals surface area contributed by atoms with Gasteiger partial charge in [-0.2, -0.15) is 5.10 Å². The van der Waals surface area contributed by atoms with Crippen LogP contribution in [0.3, 0.4) is 0 Å². The topological polar surface area (TPSA) is 73.2 Å². The Morgan fingerprint density at radius 1 is 1.32 bits per heavy atom. The van der Waals surface area contributed by atoms with E-state index in [2.05, 4.69) is 10.4 Å². The Hall–Kier alpha value is -2.70. The Morgan fingerprint density at radius 2 is 2.12 bits per heavy atom. The molecule has 7 heteroatoms. The highest BCUT2D eigenvalue weighted by Crippen LogP contribution is 2.27. The van der Waals surface area contributed by atoms with Gasteiger partial charge in [0.2, 0.25) is 5.91 Å². The number of aromatic nitrogens is 2. The molecule has 0 aliphatic rings. The van der Waals surface area contributed by atoms with E-state index in [9.17, 15) is 14.0 Å². The molecule has 1 heterocycles. The molecule has 0 aliphatic heterocycles. The SMILES string of the molecule is CCNC(=O)CCCC(=O)O[C@H](C)c1c(F)cccc1-n1cccn1. The number of amides is 1. The van der Waals surface area contributed by atoms with Crippen LogP contribution in [0.1, 0.15) is 44.8 Å². The summed E-state index contributed by atoms with van der Waals surface area (Å²) in [6, 6.07) is 6.34. The van der Waals surface area contributed by atoms with E-state index in [4.69, 9.17) is 4.74 Å². The van der Waals surface area contributed by atoms with Crippen molar-refractivity contribution in [2.75, 3.05) is 6.54 Å². The van der Waals surface area contributed by atoms with Crippen molar-refractivity contribution in [1.82, 2.24) is 15.1 Å². The van der Waals surface area contributed by atoms with Gasteiger partial charge in [-0.15, -0.1) is 0 Å². The first kappa shape index (κ1) is 18.6. The molecule has 1 aromatic heterocycles. The Bertz CT molecular complexity index is 716. The van der Waals surface area contributed by atoms with E-state index in [1.54, 1.807) is 37.5 Å². The molecule has 0 spiro atoms. The smallest absolute Gasteiger partial charge is 0.306 e. The first-order chi connectivity index (χ1) is 12.0. The minimum atomic E-state index is -0.766. The Balaban J connectivity index is 2.00. The lowest BCUT2D eigenvalue weighted by Gasteiger charge is -2.18. The Morgan fingerprint density at radius 3 is 2.80 bits per heavy atom. The molecule has 0 aliphatic carbocycles. The molecule has 25 heavy (non-hydrogen) atoms. The molecule has 0 bridgehead atoms. The predicted molar refractivity (Wildman–Crippen MR) is 90.6 cm³/mol. The average molecular weight is 347 g/mol. The highest BCUT2D eigenvalue weighted by molar-refractivity contribution is 5.77. The second-order valence-corrected chi connectivity index (χ2v) is 5.56. The van der Waals surface area contributed by atoms with Crippen molar-refractivity contribution in [2.45, 2.75) is 39.2 Å². The van der Waals surface area contributed by atoms with E-state index in [1.807, 2.05) is 6.92 Å². The third-order valence-electron chi connectivity index (χ3n) is 3.65. The second kappa shape index (κ2) is 8.96. The standard InChI is InChI=1S/C18H22FN3O3/c1-3-20-16(23)9-5-10-17(24)25-13(2)18-14(19)7-4-8-15(18)22-12-6-11-21-22/h4,6-8,11-13H,3,5,9-10H2,1-2H3,(H,20,23)/t13-/m1/s1. The number of ether oxygens (including phenoxy) is 1. The molecule has 6 nitrogen and oxygen atoms in total. The quantitative estimate of drug-likeness (QED) is 0.745. The summed E-state index contributed by atoms with van der Waals surface area (Å²) in [5, 5.41) is 6.77. The normalized spacial score (nSPS) is 11.8. The van der Waals surface area contributed by atoms with Crippen molar-refractivity contribution < 1.29 is 18.7 Å². The molecular formula is C18H22FN3O3. The molecule has 2 rings (SSSR count). The first-order valence-electron chi connectivity index (χ1n) is 8.27. The molecule has 1 aromatic carbocycles. The number of halogens is 1. The van der Waals surface area contributed by atoms with Gasteiger partial charge in [-0.1, -0.05) is 6.07 Å². The Labute approximate surface area is 146 Å². The van der Waals surface area contributed by atoms with Crippen LogP contribution in [0, 0.1) is 5.82 Å². The van der Waals surface area contributed by atoms with Gasteiger partial charge in [0.05, 0.1) is 11.3 Å². The summed E-state index contributed by atoms with van der Waals surface area (Å²) in [5.74, 6) is -1.03. The first-order valence-corrected chi connectivity index (χ1v) is 8.27. The van der Waals surface area contributed by atoms with Crippen LogP contribution in [0.25, 0.3) is 5.69 Å². The van der Waals surface area contributed by atoms with Crippen LogP contribution in [-0.2, 0) is 14.3 Å². The summed E-state index contributed by atoms with van der Waals surface area (Å²) >= 11 is 0. The molecule has 1 N–H and O–H groups in total. The van der Waals surface area contributed by atoms with Crippen LogP contribution < -0.4 is 5.32 Å². The molecule has 0 saturated carbocycles. The van der Waals surface area contributed by atoms with Crippen molar-refractivity contribution in [3.63, 3.8) is 0 Å². The summed E-state index contributed by atoms with van der Waals surface area (Å²) < 4.78 is 21.2. The highest BCUT2D eigenvalue weighted by Gasteiger charge is 2.20. The number of carbonyl (C=O) groups excluding carboxylic acids is 2. The van der Waals surface area contributed by atoms with Crippen molar-refractivity contribution >= 4 is 11.9 Å². The van der Waals surface area contributed by atoms with Crippen LogP contribution in [0.5, 0.6) is 0 Å². The van der Waals surface area contributed by atoms with E-state index in [0.717, 1.165) is 0 Å². The molecule has 0 fully saturated rings. The van der Waals surface area contributed by atoms with E-state index in [-0.39, 0.29) is 24.3 Å². The maximum atomic E-state index is 14.3. The number of carbonyl (C=O) groups is 2. The zero-order valence-electron chi connectivity index (χ0n) is 14.4. The highest BCUT2D eigenvalue weighted by atomic mass is 19.1. The summed E-state index contributed by atoms with van der Waals surface area (Å²) in [5.41, 5.74) is 0.788. The minimum Gasteiger partial charge on any atom is -0.458 e. The number of esters is 1. The number of rotatable bonds is 8. The third kappa shape index (κ3) is 5.14. The largest absolute Gasteiger partial charge is 0.458 e. The van der Waals surface area contributed by atoms with E-state index >= 15 is 0 Å². The zero-order valence-corrected chi connectivity index (χ0v) is 14.4. The number of nitrogens with one attached hydrogen (secondary N) is 1. The van der Waals surface area contributed by atoms with Gasteiger partial charge in [-0.25, -0.2) is 9.07 Å². The lowest BCUT2D eigenvalue weighted by atomic mass is 10.1. The van der Waals surface area contributed by atoms with E-state index in [1.165, 1.54) is 10.7 Å². The van der Waals surface area contributed by atoms with E-state index < -0.39 is 17.9 Å². The summed E-state index contributed by atoms with van der Waals surface area (Å²) in [7, 11) is 0. The van der Waals surface area contributed by atoms with Gasteiger partial charge in [0.15, 0.2) is 0 Å². The molecule has 0 saturated heterocycles. The zero-order chi connectivity index (χ0) is 18.2. The van der Waals surface area contributed by atoms with Crippen LogP contribution in [0.15, 0.2) is 36.7 Å². The second-order valence-electron chi connectivity index (χ2n) is 5.56. The molecule has 0 radical (unpaired) electrons. The predicted octanol–water partition coefficient (Wildman–Crippen LogP) is 2.92. The Kier molecular flexibility index (Phi) is 6.68. The van der Waals surface area contributed by atoms with Gasteiger partial charge in [0, 0.05) is 31.8 Å². The van der Waals surface area contributed by atoms with E-state index in [0.29, 0.717) is 18.7 Å². The van der Waals surface area contributed by atoms with Crippen molar-refractivity contribution in [1.29, 1.82) is 0 Å². The van der Waals surface area contributed by atoms with Crippen LogP contribution in [-0.4, -0.2) is 28.2 Å². The van der Waals surface area contributed by atoms with Crippen molar-refractivity contribution in [2.24, 2.45) is 0 Å². The van der Waals surface area contributed by atoms with Gasteiger partial charge in [0.1, 0.15) is 11.9 Å². The summed E-state index contributed by atoms with van der Waals surface area (Å²) in [4.78, 5) is 23.3. The maximum Gasteiger partial charge on any atom is 0.306 e. The van der Waals surface area contributed by atoms with Crippen LogP contribution >= 0.6 is 0 Å². The third-order valence-corrected chi connectivity index (χ3v) is 3.65. The molecule has 1 atom stereocenters. The van der Waals surface area contributed by atoms with Crippen LogP contribution in [0.4, 0.5) is 4.39 Å². The fourth-order valence-electron chi connectivity index (χ4n) is 2.53. The van der Waals surface area contributed by atoms with Gasteiger partial charge in [-0.3, -0.25) is 9.59 Å². The number of benzene rings is 1. The lowest BCUT2D eigenvalue weighted by Crippen LogP contribution is -2.22. The molecular weight excluding hydrogens is 325 g/mol. The summed E-state index contributed by atoms with van der Waals surface area (Å²) in [6.45, 7) is 4.01.